The van der Waals surface area contributed by atoms with Crippen LogP contribution in [0.1, 0.15) is 24.6 Å². The minimum Gasteiger partial charge on any atom is -0.506 e. The van der Waals surface area contributed by atoms with Crippen molar-refractivity contribution in [2.75, 3.05) is 6.61 Å². The second-order valence-electron chi connectivity index (χ2n) is 7.00. The van der Waals surface area contributed by atoms with Gasteiger partial charge >= 0.3 is 6.09 Å². The lowest BCUT2D eigenvalue weighted by atomic mass is 10.2. The highest BCUT2D eigenvalue weighted by Crippen LogP contribution is 2.76. The van der Waals surface area contributed by atoms with Gasteiger partial charge in [0.15, 0.2) is 0 Å². The molecule has 0 spiro atoms. The molecule has 1 aliphatic carbocycles. The van der Waals surface area contributed by atoms with E-state index in [1.807, 2.05) is 30.3 Å². The van der Waals surface area contributed by atoms with E-state index in [2.05, 4.69) is 11.6 Å². The molecular formula is C21H25N2O5P. The lowest BCUT2D eigenvalue weighted by molar-refractivity contribution is 0.123. The lowest BCUT2D eigenvalue weighted by Crippen LogP contribution is -2.43. The second kappa shape index (κ2) is 8.39. The number of hydrogen-bond acceptors (Lipinski definition) is 5. The van der Waals surface area contributed by atoms with Crippen molar-refractivity contribution in [3.05, 3.63) is 72.6 Å². The summed E-state index contributed by atoms with van der Waals surface area (Å²) in [6.45, 7) is 5.74. The van der Waals surface area contributed by atoms with E-state index in [0.717, 1.165) is 5.56 Å². The summed E-state index contributed by atoms with van der Waals surface area (Å²) in [6.07, 6.45) is 2.14. The zero-order valence-corrected chi connectivity index (χ0v) is 17.2. The molecule has 1 aromatic carbocycles. The normalized spacial score (nSPS) is 22.4. The number of rotatable bonds is 9. The van der Waals surface area contributed by atoms with Gasteiger partial charge in [0, 0.05) is 12.1 Å². The maximum atomic E-state index is 14.2. The molecule has 0 radical (unpaired) electrons. The number of hydrogen-bond donors (Lipinski definition) is 2. The van der Waals surface area contributed by atoms with Gasteiger partial charge in [-0.15, -0.1) is 6.58 Å². The number of benzene rings is 1. The van der Waals surface area contributed by atoms with E-state index in [4.69, 9.17) is 4.52 Å². The van der Waals surface area contributed by atoms with Crippen LogP contribution in [0.3, 0.4) is 0 Å². The molecule has 1 aliphatic rings. The van der Waals surface area contributed by atoms with Gasteiger partial charge in [-0.3, -0.25) is 14.4 Å². The summed E-state index contributed by atoms with van der Waals surface area (Å²) in [7, 11) is -3.63. The minimum atomic E-state index is -3.63. The van der Waals surface area contributed by atoms with Gasteiger partial charge < -0.3 is 14.7 Å². The Kier molecular flexibility index (Phi) is 6.10. The molecule has 2 N–H and O–H groups in total. The zero-order valence-electron chi connectivity index (χ0n) is 16.3. The Balaban J connectivity index is 2.05. The molecule has 8 heteroatoms. The van der Waals surface area contributed by atoms with Crippen LogP contribution in [0.15, 0.2) is 61.3 Å². The summed E-state index contributed by atoms with van der Waals surface area (Å²) in [4.78, 5) is 17.6. The first-order valence-electron chi connectivity index (χ1n) is 9.41. The van der Waals surface area contributed by atoms with Crippen LogP contribution in [0.25, 0.3) is 0 Å². The Bertz CT molecular complexity index is 936. The fraction of sp³-hybridized carbons (Fsp3) is 0.333. The number of nitrogens with zero attached hydrogens (tertiary/aromatic N) is 2. The van der Waals surface area contributed by atoms with Crippen molar-refractivity contribution < 1.29 is 24.1 Å². The highest BCUT2D eigenvalue weighted by Gasteiger charge is 2.70. The SMILES string of the molecule is C=C[C@@H]1C[C@]1(N(Cc1ccccc1)C(=O)O)[P@](=O)(Cc1ncccc1O)OCC. The highest BCUT2D eigenvalue weighted by atomic mass is 31.2. The van der Waals surface area contributed by atoms with Crippen LogP contribution in [-0.2, 0) is 21.8 Å². The number of carbonyl (C=O) groups is 1. The first kappa shape index (κ1) is 21.1. The molecule has 154 valence electrons. The van der Waals surface area contributed by atoms with Crippen molar-refractivity contribution in [1.29, 1.82) is 0 Å². The number of amides is 1. The first-order chi connectivity index (χ1) is 13.9. The van der Waals surface area contributed by atoms with Crippen molar-refractivity contribution in [3.8, 4) is 5.75 Å². The van der Waals surface area contributed by atoms with Gasteiger partial charge in [0.1, 0.15) is 11.0 Å². The Morgan fingerprint density at radius 3 is 2.66 bits per heavy atom. The zero-order chi connectivity index (χ0) is 21.1. The summed E-state index contributed by atoms with van der Waals surface area (Å²) < 4.78 is 20.0. The molecule has 7 nitrogen and oxygen atoms in total. The van der Waals surface area contributed by atoms with Crippen molar-refractivity contribution in [3.63, 3.8) is 0 Å². The summed E-state index contributed by atoms with van der Waals surface area (Å²) in [5.74, 6) is -0.408. The minimum absolute atomic E-state index is 0.0752. The van der Waals surface area contributed by atoms with Crippen LogP contribution in [0.5, 0.6) is 5.75 Å². The molecule has 3 atom stereocenters. The average molecular weight is 416 g/mol. The topological polar surface area (TPSA) is 100.0 Å². The van der Waals surface area contributed by atoms with E-state index < -0.39 is 18.7 Å². The number of aromatic hydroxyl groups is 1. The Labute approximate surface area is 170 Å². The standard InChI is InChI=1S/C21H25N2O5P/c1-3-17-13-21(17,23(20(25)26)14-16-9-6-5-7-10-16)29(27,28-4-2)15-18-19(24)11-8-12-22-18/h3,5-12,17,24H,1,4,13-15H2,2H3,(H,25,26)/t17-,21+,29+/m1/s1. The summed E-state index contributed by atoms with van der Waals surface area (Å²) in [5.41, 5.74) is 1.01. The fourth-order valence-electron chi connectivity index (χ4n) is 3.81. The molecular weight excluding hydrogens is 391 g/mol. The Morgan fingerprint density at radius 1 is 1.38 bits per heavy atom. The van der Waals surface area contributed by atoms with Crippen molar-refractivity contribution in [2.24, 2.45) is 5.92 Å². The van der Waals surface area contributed by atoms with Crippen molar-refractivity contribution in [2.45, 2.75) is 31.3 Å². The molecule has 1 aromatic heterocycles. The maximum absolute atomic E-state index is 14.2. The molecule has 0 bridgehead atoms. The maximum Gasteiger partial charge on any atom is 0.408 e. The third-order valence-corrected chi connectivity index (χ3v) is 8.60. The summed E-state index contributed by atoms with van der Waals surface area (Å²) >= 11 is 0. The molecule has 1 fully saturated rings. The van der Waals surface area contributed by atoms with Gasteiger partial charge in [-0.05, 0) is 31.0 Å². The smallest absolute Gasteiger partial charge is 0.408 e. The molecule has 29 heavy (non-hydrogen) atoms. The van der Waals surface area contributed by atoms with Gasteiger partial charge in [0.25, 0.3) is 0 Å². The second-order valence-corrected chi connectivity index (χ2v) is 9.69. The highest BCUT2D eigenvalue weighted by molar-refractivity contribution is 7.60. The van der Waals surface area contributed by atoms with Crippen LogP contribution in [0, 0.1) is 5.92 Å². The third-order valence-electron chi connectivity index (χ3n) is 5.27. The first-order valence-corrected chi connectivity index (χ1v) is 11.2. The molecule has 0 aliphatic heterocycles. The van der Waals surface area contributed by atoms with Crippen LogP contribution in [0.4, 0.5) is 4.79 Å². The van der Waals surface area contributed by atoms with Crippen LogP contribution < -0.4 is 0 Å². The van der Waals surface area contributed by atoms with Gasteiger partial charge in [0.2, 0.25) is 7.37 Å². The molecule has 0 saturated heterocycles. The third kappa shape index (κ3) is 3.93. The predicted molar refractivity (Wildman–Crippen MR) is 110 cm³/mol. The quantitative estimate of drug-likeness (QED) is 0.455. The number of pyridine rings is 1. The number of carboxylic acid groups (broad SMARTS) is 1. The Morgan fingerprint density at radius 2 is 2.10 bits per heavy atom. The molecule has 1 saturated carbocycles. The Hall–Kier alpha value is -2.63. The monoisotopic (exact) mass is 416 g/mol. The van der Waals surface area contributed by atoms with Gasteiger partial charge in [-0.1, -0.05) is 36.4 Å². The van der Waals surface area contributed by atoms with E-state index in [9.17, 15) is 19.6 Å². The molecule has 1 heterocycles. The summed E-state index contributed by atoms with van der Waals surface area (Å²) in [6, 6.07) is 12.2. The van der Waals surface area contributed by atoms with E-state index in [0.29, 0.717) is 6.42 Å². The van der Waals surface area contributed by atoms with E-state index in [1.165, 1.54) is 17.2 Å². The molecule has 2 aromatic rings. The van der Waals surface area contributed by atoms with Crippen LogP contribution >= 0.6 is 7.37 Å². The van der Waals surface area contributed by atoms with Crippen LogP contribution in [0.2, 0.25) is 0 Å². The number of aromatic nitrogens is 1. The van der Waals surface area contributed by atoms with Gasteiger partial charge in [-0.2, -0.15) is 0 Å². The van der Waals surface area contributed by atoms with Crippen molar-refractivity contribution >= 4 is 13.5 Å². The molecule has 1 amide bonds. The van der Waals surface area contributed by atoms with Crippen molar-refractivity contribution in [1.82, 2.24) is 9.88 Å². The van der Waals surface area contributed by atoms with E-state index in [-0.39, 0.29) is 36.7 Å². The van der Waals surface area contributed by atoms with E-state index >= 15 is 0 Å². The van der Waals surface area contributed by atoms with Gasteiger partial charge in [-0.25, -0.2) is 4.79 Å². The predicted octanol–water partition coefficient (Wildman–Crippen LogP) is 4.68. The fourth-order valence-corrected chi connectivity index (χ4v) is 7.06. The van der Waals surface area contributed by atoms with Crippen LogP contribution in [-0.4, -0.2) is 38.1 Å². The molecule has 3 rings (SSSR count). The largest absolute Gasteiger partial charge is 0.506 e. The molecule has 0 unspecified atom stereocenters. The lowest BCUT2D eigenvalue weighted by Gasteiger charge is -2.36. The van der Waals surface area contributed by atoms with Gasteiger partial charge in [0.05, 0.1) is 25.0 Å². The average Bonchev–Trinajstić information content (AvgIpc) is 3.45. The summed E-state index contributed by atoms with van der Waals surface area (Å²) in [5, 5.41) is 18.9. The van der Waals surface area contributed by atoms with E-state index in [1.54, 1.807) is 19.1 Å².